The van der Waals surface area contributed by atoms with Gasteiger partial charge in [0.2, 0.25) is 0 Å². The second kappa shape index (κ2) is 8.52. The molecule has 0 amide bonds. The van der Waals surface area contributed by atoms with Crippen LogP contribution in [0.5, 0.6) is 5.75 Å². The predicted octanol–water partition coefficient (Wildman–Crippen LogP) is 6.07. The number of carbonyl (C=O) groups is 1. The zero-order chi connectivity index (χ0) is 20.3. The van der Waals surface area contributed by atoms with Gasteiger partial charge < -0.3 is 9.47 Å². The van der Waals surface area contributed by atoms with E-state index >= 15 is 0 Å². The Labute approximate surface area is 170 Å². The lowest BCUT2D eigenvalue weighted by atomic mass is 10.0. The van der Waals surface area contributed by atoms with E-state index in [-0.39, 0.29) is 6.61 Å². The van der Waals surface area contributed by atoms with E-state index < -0.39 is 17.6 Å². The number of hydrogen-bond donors (Lipinski definition) is 0. The number of esters is 1. The summed E-state index contributed by atoms with van der Waals surface area (Å²) in [5.41, 5.74) is 3.25. The number of hydrogen-bond acceptors (Lipinski definition) is 3. The molecule has 0 spiro atoms. The number of halogens is 3. The Morgan fingerprint density at radius 1 is 1.04 bits per heavy atom. The van der Waals surface area contributed by atoms with Gasteiger partial charge in [-0.15, -0.1) is 0 Å². The summed E-state index contributed by atoms with van der Waals surface area (Å²) in [6.45, 7) is 1.98. The van der Waals surface area contributed by atoms with Crippen LogP contribution < -0.4 is 4.74 Å². The third kappa shape index (κ3) is 4.22. The molecule has 0 bridgehead atoms. The number of methoxy groups -OCH3 is 1. The van der Waals surface area contributed by atoms with E-state index in [1.807, 2.05) is 6.07 Å². The van der Waals surface area contributed by atoms with Crippen LogP contribution in [0.25, 0.3) is 11.1 Å². The first-order chi connectivity index (χ1) is 13.4. The van der Waals surface area contributed by atoms with Gasteiger partial charge in [0, 0.05) is 10.0 Å². The first-order valence-corrected chi connectivity index (χ1v) is 9.24. The van der Waals surface area contributed by atoms with Crippen LogP contribution in [0.2, 0.25) is 0 Å². The molecule has 0 saturated carbocycles. The quantitative estimate of drug-likeness (QED) is 0.446. The lowest BCUT2D eigenvalue weighted by Crippen LogP contribution is -2.05. The van der Waals surface area contributed by atoms with Gasteiger partial charge in [-0.3, -0.25) is 0 Å². The second-order valence-corrected chi connectivity index (χ2v) is 6.96. The third-order valence-corrected chi connectivity index (χ3v) is 5.25. The average Bonchev–Trinajstić information content (AvgIpc) is 2.70. The second-order valence-electron chi connectivity index (χ2n) is 6.16. The number of benzene rings is 3. The van der Waals surface area contributed by atoms with Crippen molar-refractivity contribution in [3.8, 4) is 16.9 Å². The fraction of sp³-hybridized carbons (Fsp3) is 0.136. The Morgan fingerprint density at radius 3 is 2.39 bits per heavy atom. The van der Waals surface area contributed by atoms with Gasteiger partial charge in [0.25, 0.3) is 0 Å². The van der Waals surface area contributed by atoms with Gasteiger partial charge in [-0.25, -0.2) is 13.6 Å². The SMILES string of the molecule is COC(=O)c1cccc(COc2ccc(-c3cc(F)c(F)cc3C)cc2)c1Br. The van der Waals surface area contributed by atoms with Gasteiger partial charge in [0.1, 0.15) is 12.4 Å². The summed E-state index contributed by atoms with van der Waals surface area (Å²) in [5.74, 6) is -1.56. The number of rotatable bonds is 5. The molecule has 0 N–H and O–H groups in total. The topological polar surface area (TPSA) is 35.5 Å². The summed E-state index contributed by atoms with van der Waals surface area (Å²) < 4.78 is 38.0. The minimum Gasteiger partial charge on any atom is -0.489 e. The third-order valence-electron chi connectivity index (χ3n) is 4.31. The molecule has 0 aliphatic heterocycles. The maximum absolute atomic E-state index is 13.5. The Bertz CT molecular complexity index is 1020. The molecule has 3 rings (SSSR count). The van der Waals surface area contributed by atoms with Crippen molar-refractivity contribution < 1.29 is 23.0 Å². The molecule has 144 valence electrons. The van der Waals surface area contributed by atoms with E-state index in [2.05, 4.69) is 15.9 Å². The monoisotopic (exact) mass is 446 g/mol. The van der Waals surface area contributed by atoms with Gasteiger partial charge in [-0.1, -0.05) is 24.3 Å². The standard InChI is InChI=1S/C22H17BrF2O3/c1-13-10-19(24)20(25)11-18(13)14-6-8-16(9-7-14)28-12-15-4-3-5-17(21(15)23)22(26)27-2/h3-11H,12H2,1-2H3. The number of carbonyl (C=O) groups excluding carboxylic acids is 1. The van der Waals surface area contributed by atoms with Crippen LogP contribution in [-0.2, 0) is 11.3 Å². The van der Waals surface area contributed by atoms with E-state index in [1.165, 1.54) is 19.2 Å². The van der Waals surface area contributed by atoms with Crippen LogP contribution in [-0.4, -0.2) is 13.1 Å². The largest absolute Gasteiger partial charge is 0.489 e. The molecule has 0 radical (unpaired) electrons. The van der Waals surface area contributed by atoms with Crippen LogP contribution in [0.3, 0.4) is 0 Å². The maximum atomic E-state index is 13.5. The zero-order valence-corrected chi connectivity index (χ0v) is 16.8. The zero-order valence-electron chi connectivity index (χ0n) is 15.3. The van der Waals surface area contributed by atoms with Crippen molar-refractivity contribution >= 4 is 21.9 Å². The molecule has 28 heavy (non-hydrogen) atoms. The first kappa shape index (κ1) is 20.0. The van der Waals surface area contributed by atoms with Crippen LogP contribution in [0.1, 0.15) is 21.5 Å². The molecule has 0 atom stereocenters. The minimum atomic E-state index is -0.878. The Morgan fingerprint density at radius 2 is 1.71 bits per heavy atom. The normalized spacial score (nSPS) is 10.6. The Kier molecular flexibility index (Phi) is 6.09. The summed E-state index contributed by atoms with van der Waals surface area (Å²) in [7, 11) is 1.33. The van der Waals surface area contributed by atoms with Crippen molar-refractivity contribution in [2.45, 2.75) is 13.5 Å². The number of aryl methyl sites for hydroxylation is 1. The van der Waals surface area contributed by atoms with Crippen molar-refractivity contribution in [3.63, 3.8) is 0 Å². The van der Waals surface area contributed by atoms with Gasteiger partial charge in [0.15, 0.2) is 11.6 Å². The molecule has 3 aromatic rings. The van der Waals surface area contributed by atoms with Gasteiger partial charge >= 0.3 is 5.97 Å². The van der Waals surface area contributed by atoms with Crippen molar-refractivity contribution in [1.29, 1.82) is 0 Å². The highest BCUT2D eigenvalue weighted by Gasteiger charge is 2.14. The fourth-order valence-electron chi connectivity index (χ4n) is 2.81. The smallest absolute Gasteiger partial charge is 0.339 e. The highest BCUT2D eigenvalue weighted by atomic mass is 79.9. The van der Waals surface area contributed by atoms with E-state index in [0.29, 0.717) is 26.9 Å². The van der Waals surface area contributed by atoms with Crippen molar-refractivity contribution in [3.05, 3.63) is 87.4 Å². The first-order valence-electron chi connectivity index (χ1n) is 8.45. The Hall–Kier alpha value is -2.73. The Balaban J connectivity index is 1.76. The molecule has 0 aliphatic carbocycles. The maximum Gasteiger partial charge on any atom is 0.339 e. The summed E-state index contributed by atoms with van der Waals surface area (Å²) >= 11 is 3.41. The molecule has 0 fully saturated rings. The molecule has 0 aromatic heterocycles. The predicted molar refractivity (Wildman–Crippen MR) is 106 cm³/mol. The lowest BCUT2D eigenvalue weighted by Gasteiger charge is -2.12. The van der Waals surface area contributed by atoms with Crippen LogP contribution in [0, 0.1) is 18.6 Å². The molecule has 0 heterocycles. The highest BCUT2D eigenvalue weighted by molar-refractivity contribution is 9.10. The van der Waals surface area contributed by atoms with Crippen LogP contribution >= 0.6 is 15.9 Å². The van der Waals surface area contributed by atoms with Crippen molar-refractivity contribution in [2.24, 2.45) is 0 Å². The van der Waals surface area contributed by atoms with Crippen LogP contribution in [0.15, 0.2) is 59.1 Å². The molecular weight excluding hydrogens is 430 g/mol. The molecule has 3 aromatic carbocycles. The van der Waals surface area contributed by atoms with E-state index in [9.17, 15) is 13.6 Å². The molecular formula is C22H17BrF2O3. The summed E-state index contributed by atoms with van der Waals surface area (Å²) in [6.07, 6.45) is 0. The van der Waals surface area contributed by atoms with Gasteiger partial charge in [0.05, 0.1) is 12.7 Å². The lowest BCUT2D eigenvalue weighted by molar-refractivity contribution is 0.0599. The minimum absolute atomic E-state index is 0.245. The molecule has 0 unspecified atom stereocenters. The highest BCUT2D eigenvalue weighted by Crippen LogP contribution is 2.28. The van der Waals surface area contributed by atoms with E-state index in [0.717, 1.165) is 11.1 Å². The van der Waals surface area contributed by atoms with E-state index in [1.54, 1.807) is 43.3 Å². The average molecular weight is 447 g/mol. The molecule has 0 saturated heterocycles. The summed E-state index contributed by atoms with van der Waals surface area (Å²) in [4.78, 5) is 11.8. The summed E-state index contributed by atoms with van der Waals surface area (Å²) in [5, 5.41) is 0. The van der Waals surface area contributed by atoms with E-state index in [4.69, 9.17) is 9.47 Å². The molecule has 0 aliphatic rings. The van der Waals surface area contributed by atoms with Crippen LogP contribution in [0.4, 0.5) is 8.78 Å². The van der Waals surface area contributed by atoms with Gasteiger partial charge in [-0.2, -0.15) is 0 Å². The number of ether oxygens (including phenoxy) is 2. The van der Waals surface area contributed by atoms with Gasteiger partial charge in [-0.05, 0) is 69.9 Å². The molecule has 6 heteroatoms. The fourth-order valence-corrected chi connectivity index (χ4v) is 3.35. The van der Waals surface area contributed by atoms with Crippen molar-refractivity contribution in [2.75, 3.05) is 7.11 Å². The summed E-state index contributed by atoms with van der Waals surface area (Å²) in [6, 6.07) is 14.7. The molecule has 3 nitrogen and oxygen atoms in total. The van der Waals surface area contributed by atoms with Crippen molar-refractivity contribution in [1.82, 2.24) is 0 Å².